The van der Waals surface area contributed by atoms with Crippen LogP contribution < -0.4 is 0 Å². The Labute approximate surface area is 267 Å². The van der Waals surface area contributed by atoms with Gasteiger partial charge in [0.2, 0.25) is 0 Å². The van der Waals surface area contributed by atoms with E-state index in [-0.39, 0.29) is 12.0 Å². The topological polar surface area (TPSA) is 155 Å². The molecule has 3 aliphatic rings. The highest BCUT2D eigenvalue weighted by Crippen LogP contribution is 2.68. The van der Waals surface area contributed by atoms with Crippen LogP contribution in [-0.2, 0) is 38.1 Å². The molecule has 2 aromatic carbocycles. The van der Waals surface area contributed by atoms with E-state index in [2.05, 4.69) is 0 Å². The maximum Gasteiger partial charge on any atom is 0.338 e. The lowest BCUT2D eigenvalue weighted by atomic mass is 9.46. The third kappa shape index (κ3) is 5.30. The van der Waals surface area contributed by atoms with E-state index in [0.29, 0.717) is 0 Å². The highest BCUT2D eigenvalue weighted by molar-refractivity contribution is 5.89. The van der Waals surface area contributed by atoms with Crippen LogP contribution in [0.15, 0.2) is 66.7 Å². The molecule has 2 saturated carbocycles. The number of fused-ring (bicyclic) bond motifs is 1. The number of carbonyl (C=O) groups excluding carboxylic acids is 4. The van der Waals surface area contributed by atoms with Crippen LogP contribution in [0.25, 0.3) is 6.08 Å². The molecule has 0 unspecified atom stereocenters. The Hall–Kier alpha value is -4.06. The SMILES string of the molecule is CC(=O)O[C@H]1[C@H](OC(=O)c2ccccc2)[C@@]2(C)[C@@H](OC(=O)/C=C/c3ccccc3)C[C@@H]3[C@H](O)[C@]2(OC3(C)C)[C@@](C)(O)[C@H]1OC(C)=O. The third-order valence-corrected chi connectivity index (χ3v) is 9.85. The van der Waals surface area contributed by atoms with Crippen LogP contribution in [-0.4, -0.2) is 81.4 Å². The Kier molecular flexibility index (Phi) is 8.65. The molecule has 0 aromatic heterocycles. The molecule has 2 bridgehead atoms. The van der Waals surface area contributed by atoms with Gasteiger partial charge in [-0.15, -0.1) is 0 Å². The number of aliphatic hydroxyl groups excluding tert-OH is 1. The van der Waals surface area contributed by atoms with Crippen molar-refractivity contribution in [1.82, 2.24) is 0 Å². The summed E-state index contributed by atoms with van der Waals surface area (Å²) in [5.41, 5.74) is -6.32. The molecule has 1 saturated heterocycles. The van der Waals surface area contributed by atoms with Gasteiger partial charge in [-0.1, -0.05) is 48.5 Å². The average molecular weight is 637 g/mol. The van der Waals surface area contributed by atoms with Crippen LogP contribution in [0.5, 0.6) is 0 Å². The van der Waals surface area contributed by atoms with Crippen molar-refractivity contribution in [1.29, 1.82) is 0 Å². The Morgan fingerprint density at radius 2 is 1.41 bits per heavy atom. The molecule has 1 aliphatic heterocycles. The van der Waals surface area contributed by atoms with E-state index in [9.17, 15) is 29.4 Å². The first kappa shape index (κ1) is 33.3. The van der Waals surface area contributed by atoms with Crippen molar-refractivity contribution in [2.45, 2.75) is 95.3 Å². The highest BCUT2D eigenvalue weighted by Gasteiger charge is 2.86. The van der Waals surface area contributed by atoms with Crippen molar-refractivity contribution in [3.63, 3.8) is 0 Å². The zero-order chi connectivity index (χ0) is 33.7. The first-order valence-corrected chi connectivity index (χ1v) is 15.2. The van der Waals surface area contributed by atoms with Crippen molar-refractivity contribution in [3.05, 3.63) is 77.9 Å². The van der Waals surface area contributed by atoms with Crippen LogP contribution in [0.1, 0.15) is 63.9 Å². The van der Waals surface area contributed by atoms with E-state index in [1.54, 1.807) is 45.0 Å². The summed E-state index contributed by atoms with van der Waals surface area (Å²) >= 11 is 0. The van der Waals surface area contributed by atoms with Crippen LogP contribution in [0, 0.1) is 11.3 Å². The summed E-state index contributed by atoms with van der Waals surface area (Å²) in [6, 6.07) is 17.1. The van der Waals surface area contributed by atoms with E-state index in [0.717, 1.165) is 19.4 Å². The number of benzene rings is 2. The summed E-state index contributed by atoms with van der Waals surface area (Å²) < 4.78 is 30.3. The van der Waals surface area contributed by atoms with Crippen molar-refractivity contribution >= 4 is 30.0 Å². The molecule has 3 fully saturated rings. The first-order valence-electron chi connectivity index (χ1n) is 15.2. The van der Waals surface area contributed by atoms with Crippen LogP contribution in [0.3, 0.4) is 0 Å². The molecule has 0 radical (unpaired) electrons. The summed E-state index contributed by atoms with van der Waals surface area (Å²) in [4.78, 5) is 52.1. The minimum absolute atomic E-state index is 0.0395. The van der Waals surface area contributed by atoms with Crippen LogP contribution in [0.4, 0.5) is 0 Å². The van der Waals surface area contributed by atoms with Crippen molar-refractivity contribution in [2.75, 3.05) is 0 Å². The Bertz CT molecular complexity index is 1520. The van der Waals surface area contributed by atoms with Gasteiger partial charge >= 0.3 is 23.9 Å². The molecule has 2 N–H and O–H groups in total. The summed E-state index contributed by atoms with van der Waals surface area (Å²) in [6.45, 7) is 8.57. The van der Waals surface area contributed by atoms with Gasteiger partial charge in [0.25, 0.3) is 0 Å². The maximum atomic E-state index is 13.7. The summed E-state index contributed by atoms with van der Waals surface area (Å²) in [5.74, 6) is -3.90. The lowest BCUT2D eigenvalue weighted by Gasteiger charge is -2.66. The average Bonchev–Trinajstić information content (AvgIpc) is 3.16. The van der Waals surface area contributed by atoms with E-state index >= 15 is 0 Å². The lowest BCUT2D eigenvalue weighted by molar-refractivity contribution is -0.368. The van der Waals surface area contributed by atoms with Crippen molar-refractivity contribution < 1.29 is 53.1 Å². The fourth-order valence-corrected chi connectivity index (χ4v) is 7.85. The van der Waals surface area contributed by atoms with Gasteiger partial charge in [-0.2, -0.15) is 0 Å². The summed E-state index contributed by atoms with van der Waals surface area (Å²) in [7, 11) is 0. The number of aliphatic hydroxyl groups is 2. The van der Waals surface area contributed by atoms with E-state index in [1.165, 1.54) is 25.1 Å². The molecular weight excluding hydrogens is 596 g/mol. The molecule has 1 heterocycles. The second-order valence-electron chi connectivity index (χ2n) is 13.1. The standard InChI is InChI=1S/C35H40O11/c1-20(36)42-27-29(45-31(40)23-15-11-8-12-16-23)33(5)25(44-26(38)18-17-22-13-9-7-10-14-22)19-24-28(39)35(33,46-32(24,3)4)34(6,41)30(27)43-21(2)37/h7-18,24-25,27-30,39,41H,19H2,1-6H3/b18-17+/t24-,25+,27+,28+,29+,30+,33-,34+,35-/m1/s1. The quantitative estimate of drug-likeness (QED) is 0.261. The highest BCUT2D eigenvalue weighted by atomic mass is 16.6. The van der Waals surface area contributed by atoms with E-state index < -0.39 is 82.5 Å². The number of hydrogen-bond donors (Lipinski definition) is 2. The predicted octanol–water partition coefficient (Wildman–Crippen LogP) is 3.40. The zero-order valence-electron chi connectivity index (χ0n) is 26.7. The second-order valence-corrected chi connectivity index (χ2v) is 13.1. The largest absolute Gasteiger partial charge is 0.458 e. The number of hydrogen-bond acceptors (Lipinski definition) is 11. The predicted molar refractivity (Wildman–Crippen MR) is 163 cm³/mol. The van der Waals surface area contributed by atoms with Crippen LogP contribution in [0.2, 0.25) is 0 Å². The Balaban J connectivity index is 1.70. The van der Waals surface area contributed by atoms with E-state index in [1.807, 2.05) is 30.3 Å². The molecule has 246 valence electrons. The van der Waals surface area contributed by atoms with Crippen LogP contribution >= 0.6 is 0 Å². The van der Waals surface area contributed by atoms with Gasteiger partial charge in [0.05, 0.1) is 22.7 Å². The fraction of sp³-hybridized carbons (Fsp3) is 0.486. The van der Waals surface area contributed by atoms with Gasteiger partial charge in [-0.05, 0) is 57.9 Å². The second kappa shape index (κ2) is 11.9. The van der Waals surface area contributed by atoms with E-state index in [4.69, 9.17) is 23.7 Å². The molecule has 1 spiro atoms. The number of esters is 4. The molecule has 2 aliphatic carbocycles. The van der Waals surface area contributed by atoms with Gasteiger partial charge in [-0.3, -0.25) is 9.59 Å². The molecular formula is C35H40O11. The van der Waals surface area contributed by atoms with Gasteiger partial charge in [0.1, 0.15) is 17.3 Å². The number of carbonyl (C=O) groups is 4. The van der Waals surface area contributed by atoms with Crippen molar-refractivity contribution in [3.8, 4) is 0 Å². The molecule has 9 atom stereocenters. The van der Waals surface area contributed by atoms with Gasteiger partial charge in [-0.25, -0.2) is 9.59 Å². The first-order chi connectivity index (χ1) is 21.6. The maximum absolute atomic E-state index is 13.7. The van der Waals surface area contributed by atoms with Gasteiger partial charge in [0, 0.05) is 25.8 Å². The molecule has 0 amide bonds. The molecule has 46 heavy (non-hydrogen) atoms. The minimum atomic E-state index is -2.28. The smallest absolute Gasteiger partial charge is 0.338 e. The molecule has 11 nitrogen and oxygen atoms in total. The Morgan fingerprint density at radius 1 is 0.826 bits per heavy atom. The third-order valence-electron chi connectivity index (χ3n) is 9.85. The number of ether oxygens (including phenoxy) is 5. The normalized spacial score (nSPS) is 35.9. The summed E-state index contributed by atoms with van der Waals surface area (Å²) in [5, 5.41) is 24.6. The Morgan fingerprint density at radius 3 is 2.00 bits per heavy atom. The van der Waals surface area contributed by atoms with Crippen molar-refractivity contribution in [2.24, 2.45) is 11.3 Å². The van der Waals surface area contributed by atoms with Gasteiger partial charge in [0.15, 0.2) is 18.3 Å². The molecule has 5 rings (SSSR count). The zero-order valence-corrected chi connectivity index (χ0v) is 26.7. The number of rotatable bonds is 7. The lowest BCUT2D eigenvalue weighted by Crippen LogP contribution is -2.85. The minimum Gasteiger partial charge on any atom is -0.458 e. The molecule has 11 heteroatoms. The fourth-order valence-electron chi connectivity index (χ4n) is 7.85. The molecule has 2 aromatic rings. The monoisotopic (exact) mass is 636 g/mol. The van der Waals surface area contributed by atoms with Gasteiger partial charge < -0.3 is 33.9 Å². The summed E-state index contributed by atoms with van der Waals surface area (Å²) in [6.07, 6.45) is -4.55.